The van der Waals surface area contributed by atoms with Crippen molar-refractivity contribution in [3.8, 4) is 17.0 Å². The van der Waals surface area contributed by atoms with Crippen LogP contribution in [0.25, 0.3) is 11.3 Å². The molecule has 1 aliphatic rings. The summed E-state index contributed by atoms with van der Waals surface area (Å²) >= 11 is 1.61. The van der Waals surface area contributed by atoms with E-state index in [1.165, 1.54) is 19.2 Å². The number of ether oxygens (including phenoxy) is 2. The Hall–Kier alpha value is -2.97. The summed E-state index contributed by atoms with van der Waals surface area (Å²) in [6.45, 7) is 3.15. The summed E-state index contributed by atoms with van der Waals surface area (Å²) < 4.78 is 24.1. The third kappa shape index (κ3) is 4.38. The molecule has 1 fully saturated rings. The second-order valence-electron chi connectivity index (χ2n) is 6.50. The molecule has 150 valence electrons. The van der Waals surface area contributed by atoms with Gasteiger partial charge in [-0.2, -0.15) is 0 Å². The van der Waals surface area contributed by atoms with Crippen LogP contribution in [0.5, 0.6) is 5.75 Å². The second kappa shape index (κ2) is 8.59. The van der Waals surface area contributed by atoms with Crippen molar-refractivity contribution in [1.29, 1.82) is 0 Å². The van der Waals surface area contributed by atoms with Crippen LogP contribution < -0.4 is 15.0 Å². The van der Waals surface area contributed by atoms with E-state index < -0.39 is 5.82 Å². The standard InChI is InChI=1S/C21H20FN3O3S/c1-27-19-7-4-15(12-17(19)22)20(26)23-16-5-2-14(3-6-16)18-13-29-21(24-18)25-8-10-28-11-9-25/h2-7,12-13H,8-11H2,1H3,(H,23,26). The van der Waals surface area contributed by atoms with Crippen LogP contribution in [0, 0.1) is 5.82 Å². The van der Waals surface area contributed by atoms with Crippen LogP contribution in [-0.4, -0.2) is 44.3 Å². The number of nitrogens with one attached hydrogen (secondary N) is 1. The van der Waals surface area contributed by atoms with E-state index in [9.17, 15) is 9.18 Å². The molecule has 2 heterocycles. The highest BCUT2D eigenvalue weighted by atomic mass is 32.1. The molecule has 4 rings (SSSR count). The van der Waals surface area contributed by atoms with Gasteiger partial charge in [-0.15, -0.1) is 11.3 Å². The van der Waals surface area contributed by atoms with Gasteiger partial charge in [-0.25, -0.2) is 9.37 Å². The van der Waals surface area contributed by atoms with Gasteiger partial charge >= 0.3 is 0 Å². The summed E-state index contributed by atoms with van der Waals surface area (Å²) in [7, 11) is 1.38. The Balaban J connectivity index is 1.43. The van der Waals surface area contributed by atoms with Crippen molar-refractivity contribution in [2.45, 2.75) is 0 Å². The van der Waals surface area contributed by atoms with Gasteiger partial charge < -0.3 is 19.7 Å². The average Bonchev–Trinajstić information content (AvgIpc) is 3.25. The van der Waals surface area contributed by atoms with Gasteiger partial charge in [0.2, 0.25) is 0 Å². The Kier molecular flexibility index (Phi) is 5.73. The molecule has 0 radical (unpaired) electrons. The average molecular weight is 413 g/mol. The first-order chi connectivity index (χ1) is 14.1. The highest BCUT2D eigenvalue weighted by Gasteiger charge is 2.15. The molecule has 29 heavy (non-hydrogen) atoms. The normalized spacial score (nSPS) is 13.9. The monoisotopic (exact) mass is 413 g/mol. The number of thiazole rings is 1. The molecule has 1 aliphatic heterocycles. The number of morpholine rings is 1. The van der Waals surface area contributed by atoms with Crippen molar-refractivity contribution in [2.75, 3.05) is 43.6 Å². The third-order valence-corrected chi connectivity index (χ3v) is 5.53. The number of carbonyl (C=O) groups excluding carboxylic acids is 1. The number of benzene rings is 2. The quantitative estimate of drug-likeness (QED) is 0.684. The van der Waals surface area contributed by atoms with E-state index in [4.69, 9.17) is 14.5 Å². The number of aromatic nitrogens is 1. The molecule has 0 aliphatic carbocycles. The van der Waals surface area contributed by atoms with Crippen LogP contribution >= 0.6 is 11.3 Å². The minimum atomic E-state index is -0.574. The fourth-order valence-electron chi connectivity index (χ4n) is 3.03. The van der Waals surface area contributed by atoms with E-state index in [1.54, 1.807) is 23.5 Å². The van der Waals surface area contributed by atoms with Crippen molar-refractivity contribution < 1.29 is 18.7 Å². The molecule has 1 aromatic heterocycles. The third-order valence-electron chi connectivity index (χ3n) is 4.63. The van der Waals surface area contributed by atoms with Gasteiger partial charge in [-0.1, -0.05) is 12.1 Å². The van der Waals surface area contributed by atoms with Crippen LogP contribution in [0.4, 0.5) is 15.2 Å². The summed E-state index contributed by atoms with van der Waals surface area (Å²) in [4.78, 5) is 19.3. The molecule has 1 saturated heterocycles. The van der Waals surface area contributed by atoms with E-state index in [1.807, 2.05) is 17.5 Å². The SMILES string of the molecule is COc1ccc(C(=O)Nc2ccc(-c3csc(N4CCOCC4)n3)cc2)cc1F. The number of amides is 1. The zero-order valence-corrected chi connectivity index (χ0v) is 16.7. The van der Waals surface area contributed by atoms with E-state index in [0.717, 1.165) is 48.8 Å². The first kappa shape index (κ1) is 19.4. The molecule has 6 nitrogen and oxygen atoms in total. The molecule has 2 aromatic carbocycles. The molecule has 0 unspecified atom stereocenters. The number of hydrogen-bond donors (Lipinski definition) is 1. The summed E-state index contributed by atoms with van der Waals surface area (Å²) in [5.41, 5.74) is 2.71. The van der Waals surface area contributed by atoms with Gasteiger partial charge in [-0.05, 0) is 30.3 Å². The van der Waals surface area contributed by atoms with Gasteiger partial charge in [-0.3, -0.25) is 4.79 Å². The number of halogens is 1. The van der Waals surface area contributed by atoms with E-state index in [-0.39, 0.29) is 17.2 Å². The largest absolute Gasteiger partial charge is 0.494 e. The van der Waals surface area contributed by atoms with E-state index in [0.29, 0.717) is 5.69 Å². The summed E-state index contributed by atoms with van der Waals surface area (Å²) in [6, 6.07) is 11.5. The predicted molar refractivity (Wildman–Crippen MR) is 111 cm³/mol. The lowest BCUT2D eigenvalue weighted by molar-refractivity contribution is 0.102. The predicted octanol–water partition coefficient (Wildman–Crippen LogP) is 4.05. The molecule has 0 atom stereocenters. The smallest absolute Gasteiger partial charge is 0.255 e. The first-order valence-corrected chi connectivity index (χ1v) is 10.1. The lowest BCUT2D eigenvalue weighted by Crippen LogP contribution is -2.36. The molecular weight excluding hydrogens is 393 g/mol. The second-order valence-corrected chi connectivity index (χ2v) is 7.33. The van der Waals surface area contributed by atoms with Crippen molar-refractivity contribution in [1.82, 2.24) is 4.98 Å². The fourth-order valence-corrected chi connectivity index (χ4v) is 3.92. The zero-order chi connectivity index (χ0) is 20.2. The number of methoxy groups -OCH3 is 1. The topological polar surface area (TPSA) is 63.7 Å². The molecule has 0 bridgehead atoms. The van der Waals surface area contributed by atoms with Crippen LogP contribution in [-0.2, 0) is 4.74 Å². The fraction of sp³-hybridized carbons (Fsp3) is 0.238. The van der Waals surface area contributed by atoms with Gasteiger partial charge in [0.25, 0.3) is 5.91 Å². The maximum Gasteiger partial charge on any atom is 0.255 e. The van der Waals surface area contributed by atoms with E-state index >= 15 is 0 Å². The summed E-state index contributed by atoms with van der Waals surface area (Å²) in [5.74, 6) is -0.858. The van der Waals surface area contributed by atoms with E-state index in [2.05, 4.69) is 10.2 Å². The minimum absolute atomic E-state index is 0.102. The Morgan fingerprint density at radius 1 is 1.21 bits per heavy atom. The Labute approximate surface area is 171 Å². The lowest BCUT2D eigenvalue weighted by Gasteiger charge is -2.26. The maximum atomic E-state index is 13.8. The first-order valence-electron chi connectivity index (χ1n) is 9.17. The van der Waals surface area contributed by atoms with Crippen LogP contribution in [0.1, 0.15) is 10.4 Å². The molecule has 3 aromatic rings. The zero-order valence-electron chi connectivity index (χ0n) is 15.9. The van der Waals surface area contributed by atoms with Crippen LogP contribution in [0.3, 0.4) is 0 Å². The molecule has 8 heteroatoms. The molecule has 0 spiro atoms. The van der Waals surface area contributed by atoms with Gasteiger partial charge in [0.15, 0.2) is 16.7 Å². The van der Waals surface area contributed by atoms with Crippen LogP contribution in [0.15, 0.2) is 47.8 Å². The number of rotatable bonds is 5. The number of anilines is 2. The van der Waals surface area contributed by atoms with Crippen molar-refractivity contribution in [3.63, 3.8) is 0 Å². The number of carbonyl (C=O) groups is 1. The van der Waals surface area contributed by atoms with Crippen LogP contribution in [0.2, 0.25) is 0 Å². The van der Waals surface area contributed by atoms with Crippen molar-refractivity contribution >= 4 is 28.1 Å². The van der Waals surface area contributed by atoms with Gasteiger partial charge in [0.05, 0.1) is 26.0 Å². The molecule has 1 N–H and O–H groups in total. The maximum absolute atomic E-state index is 13.8. The number of nitrogens with zero attached hydrogens (tertiary/aromatic N) is 2. The highest BCUT2D eigenvalue weighted by molar-refractivity contribution is 7.14. The Morgan fingerprint density at radius 2 is 1.97 bits per heavy atom. The molecule has 0 saturated carbocycles. The van der Waals surface area contributed by atoms with Crippen molar-refractivity contribution in [3.05, 3.63) is 59.2 Å². The van der Waals surface area contributed by atoms with Crippen molar-refractivity contribution in [2.24, 2.45) is 0 Å². The van der Waals surface area contributed by atoms with Gasteiger partial charge in [0.1, 0.15) is 0 Å². The highest BCUT2D eigenvalue weighted by Crippen LogP contribution is 2.29. The Morgan fingerprint density at radius 3 is 2.66 bits per heavy atom. The molecule has 1 amide bonds. The summed E-state index contributed by atoms with van der Waals surface area (Å²) in [6.07, 6.45) is 0. The van der Waals surface area contributed by atoms with Gasteiger partial charge in [0, 0.05) is 35.3 Å². The number of hydrogen-bond acceptors (Lipinski definition) is 6. The minimum Gasteiger partial charge on any atom is -0.494 e. The summed E-state index contributed by atoms with van der Waals surface area (Å²) in [5, 5.41) is 5.79. The lowest BCUT2D eigenvalue weighted by atomic mass is 10.1. The molecular formula is C21H20FN3O3S. The Bertz CT molecular complexity index is 1000.